The summed E-state index contributed by atoms with van der Waals surface area (Å²) in [5, 5.41) is 7.37. The molecular weight excluding hydrogens is 447 g/mol. The molecule has 0 aliphatic rings. The van der Waals surface area contributed by atoms with Gasteiger partial charge in [-0.15, -0.1) is 0 Å². The zero-order valence-electron chi connectivity index (χ0n) is 16.9. The summed E-state index contributed by atoms with van der Waals surface area (Å²) >= 11 is 5.90. The van der Waals surface area contributed by atoms with Crippen molar-refractivity contribution in [2.75, 3.05) is 6.61 Å². The van der Waals surface area contributed by atoms with Crippen LogP contribution in [0.25, 0.3) is 5.69 Å². The first-order valence-electron chi connectivity index (χ1n) is 9.50. The van der Waals surface area contributed by atoms with Crippen molar-refractivity contribution in [3.63, 3.8) is 0 Å². The molecule has 0 spiro atoms. The maximum atomic E-state index is 12.6. The van der Waals surface area contributed by atoms with Gasteiger partial charge in [0.15, 0.2) is 5.69 Å². The summed E-state index contributed by atoms with van der Waals surface area (Å²) in [5.74, 6) is -0.643. The van der Waals surface area contributed by atoms with Gasteiger partial charge in [0.25, 0.3) is 5.91 Å². The zero-order valence-corrected chi connectivity index (χ0v) is 17.7. The van der Waals surface area contributed by atoms with Gasteiger partial charge in [-0.25, -0.2) is 4.68 Å². The van der Waals surface area contributed by atoms with Crippen LogP contribution >= 0.6 is 11.6 Å². The third-order valence-electron chi connectivity index (χ3n) is 4.40. The molecule has 0 atom stereocenters. The minimum Gasteiger partial charge on any atom is -0.367 e. The number of amides is 1. The standard InChI is InChI=1S/C22H19ClF3N3O3/c1-14-10-19(30)20(28-29(14)18-8-6-17(23)7-9-18)21(31)27-11-15-2-4-16(5-3-15)12-32-13-22(24,25)26/h2-10H,11-13H2,1H3,(H,27,31). The molecule has 1 amide bonds. The number of hydrogen-bond donors (Lipinski definition) is 1. The molecule has 6 nitrogen and oxygen atoms in total. The second-order valence-electron chi connectivity index (χ2n) is 6.99. The summed E-state index contributed by atoms with van der Waals surface area (Å²) in [5.41, 5.74) is 1.69. The van der Waals surface area contributed by atoms with Crippen LogP contribution in [0.1, 0.15) is 27.3 Å². The molecule has 1 aromatic heterocycles. The molecule has 0 bridgehead atoms. The molecule has 0 radical (unpaired) electrons. The lowest BCUT2D eigenvalue weighted by molar-refractivity contribution is -0.176. The fourth-order valence-electron chi connectivity index (χ4n) is 2.85. The largest absolute Gasteiger partial charge is 0.411 e. The predicted molar refractivity (Wildman–Crippen MR) is 113 cm³/mol. The Morgan fingerprint density at radius 3 is 2.34 bits per heavy atom. The maximum Gasteiger partial charge on any atom is 0.411 e. The Morgan fingerprint density at radius 1 is 1.09 bits per heavy atom. The van der Waals surface area contributed by atoms with Gasteiger partial charge in [0, 0.05) is 23.3 Å². The lowest BCUT2D eigenvalue weighted by atomic mass is 10.1. The number of nitrogens with zero attached hydrogens (tertiary/aromatic N) is 2. The van der Waals surface area contributed by atoms with Gasteiger partial charge in [0.1, 0.15) is 6.61 Å². The first kappa shape index (κ1) is 23.5. The van der Waals surface area contributed by atoms with Crippen LogP contribution in [-0.2, 0) is 17.9 Å². The molecule has 0 fully saturated rings. The minimum atomic E-state index is -4.37. The highest BCUT2D eigenvalue weighted by Crippen LogP contribution is 2.16. The van der Waals surface area contributed by atoms with E-state index in [0.717, 1.165) is 0 Å². The lowest BCUT2D eigenvalue weighted by Crippen LogP contribution is -2.31. The van der Waals surface area contributed by atoms with Crippen molar-refractivity contribution >= 4 is 17.5 Å². The molecular formula is C22H19ClF3N3O3. The van der Waals surface area contributed by atoms with Crippen LogP contribution < -0.4 is 10.7 Å². The number of benzene rings is 2. The Hall–Kier alpha value is -3.17. The van der Waals surface area contributed by atoms with Gasteiger partial charge in [0.05, 0.1) is 12.3 Å². The topological polar surface area (TPSA) is 73.2 Å². The SMILES string of the molecule is Cc1cc(=O)c(C(=O)NCc2ccc(COCC(F)(F)F)cc2)nn1-c1ccc(Cl)cc1. The summed E-state index contributed by atoms with van der Waals surface area (Å²) in [4.78, 5) is 24.8. The average Bonchev–Trinajstić information content (AvgIpc) is 2.73. The summed E-state index contributed by atoms with van der Waals surface area (Å²) in [6.07, 6.45) is -4.37. The van der Waals surface area contributed by atoms with Gasteiger partial charge in [-0.1, -0.05) is 35.9 Å². The summed E-state index contributed by atoms with van der Waals surface area (Å²) in [6, 6.07) is 14.6. The van der Waals surface area contributed by atoms with Gasteiger partial charge in [-0.05, 0) is 42.3 Å². The predicted octanol–water partition coefficient (Wildman–Crippen LogP) is 4.20. The summed E-state index contributed by atoms with van der Waals surface area (Å²) in [6.45, 7) is 0.314. The Kier molecular flexibility index (Phi) is 7.32. The van der Waals surface area contributed by atoms with Crippen LogP contribution in [0.2, 0.25) is 5.02 Å². The van der Waals surface area contributed by atoms with Crippen molar-refractivity contribution in [2.24, 2.45) is 0 Å². The van der Waals surface area contributed by atoms with Crippen LogP contribution in [0, 0.1) is 6.92 Å². The third-order valence-corrected chi connectivity index (χ3v) is 4.66. The number of hydrogen-bond acceptors (Lipinski definition) is 4. The molecule has 0 saturated heterocycles. The monoisotopic (exact) mass is 465 g/mol. The fraction of sp³-hybridized carbons (Fsp3) is 0.227. The van der Waals surface area contributed by atoms with Gasteiger partial charge in [-0.2, -0.15) is 18.3 Å². The third kappa shape index (κ3) is 6.41. The maximum absolute atomic E-state index is 12.6. The van der Waals surface area contributed by atoms with Crippen LogP contribution in [0.15, 0.2) is 59.4 Å². The number of alkyl halides is 3. The van der Waals surface area contributed by atoms with Gasteiger partial charge in [0.2, 0.25) is 5.43 Å². The van der Waals surface area contributed by atoms with E-state index < -0.39 is 24.1 Å². The first-order valence-corrected chi connectivity index (χ1v) is 9.87. The van der Waals surface area contributed by atoms with E-state index in [9.17, 15) is 22.8 Å². The molecule has 32 heavy (non-hydrogen) atoms. The molecule has 0 aliphatic heterocycles. The van der Waals surface area contributed by atoms with Crippen molar-refractivity contribution in [3.8, 4) is 5.69 Å². The van der Waals surface area contributed by atoms with Gasteiger partial charge in [-0.3, -0.25) is 9.59 Å². The number of nitrogens with one attached hydrogen (secondary N) is 1. The van der Waals surface area contributed by atoms with Crippen molar-refractivity contribution in [1.82, 2.24) is 15.1 Å². The molecule has 2 aromatic carbocycles. The summed E-state index contributed by atoms with van der Waals surface area (Å²) in [7, 11) is 0. The Labute approximate surface area is 186 Å². The van der Waals surface area contributed by atoms with E-state index in [1.807, 2.05) is 0 Å². The van der Waals surface area contributed by atoms with Crippen molar-refractivity contribution in [3.05, 3.63) is 92.4 Å². The van der Waals surface area contributed by atoms with E-state index in [4.69, 9.17) is 11.6 Å². The molecule has 3 aromatic rings. The van der Waals surface area contributed by atoms with Crippen LogP contribution in [0.5, 0.6) is 0 Å². The van der Waals surface area contributed by atoms with E-state index in [2.05, 4.69) is 15.2 Å². The number of carbonyl (C=O) groups excluding carboxylic acids is 1. The molecule has 10 heteroatoms. The normalized spacial score (nSPS) is 11.4. The number of carbonyl (C=O) groups is 1. The fourth-order valence-corrected chi connectivity index (χ4v) is 2.98. The number of aromatic nitrogens is 2. The second kappa shape index (κ2) is 9.97. The molecule has 1 heterocycles. The van der Waals surface area contributed by atoms with Crippen LogP contribution in [0.4, 0.5) is 13.2 Å². The highest BCUT2D eigenvalue weighted by atomic mass is 35.5. The highest BCUT2D eigenvalue weighted by Gasteiger charge is 2.27. The smallest absolute Gasteiger partial charge is 0.367 e. The Balaban J connectivity index is 1.65. The second-order valence-corrected chi connectivity index (χ2v) is 7.43. The van der Waals surface area contributed by atoms with Crippen molar-refractivity contribution < 1.29 is 22.7 Å². The van der Waals surface area contributed by atoms with E-state index in [0.29, 0.717) is 27.5 Å². The summed E-state index contributed by atoms with van der Waals surface area (Å²) < 4.78 is 42.5. The molecule has 1 N–H and O–H groups in total. The Morgan fingerprint density at radius 2 is 1.72 bits per heavy atom. The number of ether oxygens (including phenoxy) is 1. The highest BCUT2D eigenvalue weighted by molar-refractivity contribution is 6.30. The number of halogens is 4. The van der Waals surface area contributed by atoms with E-state index in [-0.39, 0.29) is 18.8 Å². The zero-order chi connectivity index (χ0) is 23.3. The molecule has 168 valence electrons. The minimum absolute atomic E-state index is 0.110. The molecule has 0 saturated carbocycles. The van der Waals surface area contributed by atoms with Gasteiger partial charge >= 0.3 is 6.18 Å². The quantitative estimate of drug-likeness (QED) is 0.567. The van der Waals surface area contributed by atoms with E-state index in [1.165, 1.54) is 10.7 Å². The number of rotatable bonds is 7. The van der Waals surface area contributed by atoms with E-state index >= 15 is 0 Å². The van der Waals surface area contributed by atoms with Crippen molar-refractivity contribution in [2.45, 2.75) is 26.3 Å². The Bertz CT molecular complexity index is 1140. The van der Waals surface area contributed by atoms with Crippen LogP contribution in [-0.4, -0.2) is 28.5 Å². The van der Waals surface area contributed by atoms with E-state index in [1.54, 1.807) is 55.5 Å². The number of aryl methyl sites for hydroxylation is 1. The van der Waals surface area contributed by atoms with Crippen LogP contribution in [0.3, 0.4) is 0 Å². The molecule has 0 unspecified atom stereocenters. The first-order chi connectivity index (χ1) is 15.1. The average molecular weight is 466 g/mol. The van der Waals surface area contributed by atoms with Gasteiger partial charge < -0.3 is 10.1 Å². The molecule has 3 rings (SSSR count). The van der Waals surface area contributed by atoms with Crippen molar-refractivity contribution in [1.29, 1.82) is 0 Å². The molecule has 0 aliphatic carbocycles. The lowest BCUT2D eigenvalue weighted by Gasteiger charge is -2.12.